The zero-order valence-corrected chi connectivity index (χ0v) is 16.5. The molecule has 0 aliphatic rings. The summed E-state index contributed by atoms with van der Waals surface area (Å²) in [7, 11) is 0. The summed E-state index contributed by atoms with van der Waals surface area (Å²) < 4.78 is 5.75. The zero-order chi connectivity index (χ0) is 18.7. The van der Waals surface area contributed by atoms with E-state index in [2.05, 4.69) is 38.2 Å². The Morgan fingerprint density at radius 2 is 1.60 bits per heavy atom. The Bertz CT molecular complexity index is 786. The normalized spacial score (nSPS) is 13.2. The van der Waals surface area contributed by atoms with E-state index >= 15 is 0 Å². The Labute approximate surface area is 155 Å². The third-order valence-electron chi connectivity index (χ3n) is 4.52. The van der Waals surface area contributed by atoms with Crippen molar-refractivity contribution in [2.24, 2.45) is 0 Å². The second-order valence-corrected chi connectivity index (χ2v) is 7.10. The third kappa shape index (κ3) is 4.76. The number of amides is 1. The maximum absolute atomic E-state index is 12.5. The quantitative estimate of drug-likeness (QED) is 0.794. The van der Waals surface area contributed by atoms with E-state index in [0.717, 1.165) is 11.1 Å². The number of hydrogen-bond acceptors (Lipinski definition) is 2. The first-order valence-electron chi connectivity index (χ1n) is 8.50. The first kappa shape index (κ1) is 19.3. The molecule has 0 aromatic heterocycles. The molecule has 1 amide bonds. The average molecular weight is 360 g/mol. The van der Waals surface area contributed by atoms with Gasteiger partial charge < -0.3 is 10.1 Å². The third-order valence-corrected chi connectivity index (χ3v) is 4.94. The van der Waals surface area contributed by atoms with E-state index in [-0.39, 0.29) is 11.9 Å². The molecule has 2 aromatic rings. The largest absolute Gasteiger partial charge is 0.481 e. The summed E-state index contributed by atoms with van der Waals surface area (Å²) in [5.41, 5.74) is 5.71. The van der Waals surface area contributed by atoms with Crippen molar-refractivity contribution in [2.75, 3.05) is 0 Å². The van der Waals surface area contributed by atoms with Crippen molar-refractivity contribution in [1.82, 2.24) is 5.32 Å². The molecule has 0 saturated heterocycles. The first-order chi connectivity index (χ1) is 11.7. The van der Waals surface area contributed by atoms with Crippen LogP contribution in [0.15, 0.2) is 30.3 Å². The van der Waals surface area contributed by atoms with Crippen LogP contribution in [-0.4, -0.2) is 12.0 Å². The van der Waals surface area contributed by atoms with Gasteiger partial charge in [0.25, 0.3) is 5.91 Å². The monoisotopic (exact) mass is 359 g/mol. The van der Waals surface area contributed by atoms with E-state index in [9.17, 15) is 4.79 Å². The fourth-order valence-electron chi connectivity index (χ4n) is 2.81. The number of benzene rings is 2. The molecule has 1 N–H and O–H groups in total. The molecule has 0 unspecified atom stereocenters. The van der Waals surface area contributed by atoms with Crippen LogP contribution in [0.25, 0.3) is 0 Å². The van der Waals surface area contributed by atoms with Gasteiger partial charge in [0.2, 0.25) is 0 Å². The number of carbonyl (C=O) groups is 1. The highest BCUT2D eigenvalue weighted by Crippen LogP contribution is 2.23. The predicted octanol–water partition coefficient (Wildman–Crippen LogP) is 5.22. The highest BCUT2D eigenvalue weighted by molar-refractivity contribution is 6.31. The Morgan fingerprint density at radius 1 is 0.960 bits per heavy atom. The van der Waals surface area contributed by atoms with Gasteiger partial charge in [-0.1, -0.05) is 23.7 Å². The Kier molecular flexibility index (Phi) is 6.12. The van der Waals surface area contributed by atoms with Crippen LogP contribution in [0, 0.1) is 27.7 Å². The highest BCUT2D eigenvalue weighted by atomic mass is 35.5. The minimum atomic E-state index is -0.588. The lowest BCUT2D eigenvalue weighted by Gasteiger charge is -2.21. The number of hydrogen-bond donors (Lipinski definition) is 1. The van der Waals surface area contributed by atoms with Gasteiger partial charge in [-0.2, -0.15) is 0 Å². The smallest absolute Gasteiger partial charge is 0.261 e. The van der Waals surface area contributed by atoms with Gasteiger partial charge in [0.05, 0.1) is 6.04 Å². The Hall–Kier alpha value is -2.00. The van der Waals surface area contributed by atoms with Crippen molar-refractivity contribution in [3.05, 3.63) is 63.2 Å². The van der Waals surface area contributed by atoms with Crippen molar-refractivity contribution in [3.63, 3.8) is 0 Å². The van der Waals surface area contributed by atoms with Crippen molar-refractivity contribution in [2.45, 2.75) is 53.7 Å². The second kappa shape index (κ2) is 7.92. The lowest BCUT2D eigenvalue weighted by molar-refractivity contribution is -0.127. The maximum atomic E-state index is 12.5. The van der Waals surface area contributed by atoms with Crippen LogP contribution in [0.1, 0.15) is 47.7 Å². The summed E-state index contributed by atoms with van der Waals surface area (Å²) in [5.74, 6) is 0.497. The fourth-order valence-corrected chi connectivity index (χ4v) is 2.92. The van der Waals surface area contributed by atoms with Gasteiger partial charge in [0.15, 0.2) is 6.10 Å². The lowest BCUT2D eigenvalue weighted by atomic mass is 9.96. The van der Waals surface area contributed by atoms with E-state index in [1.54, 1.807) is 19.1 Å². The molecule has 0 spiro atoms. The van der Waals surface area contributed by atoms with E-state index in [1.807, 2.05) is 19.9 Å². The number of carbonyl (C=O) groups excluding carboxylic acids is 1. The summed E-state index contributed by atoms with van der Waals surface area (Å²) in [6, 6.07) is 9.61. The molecule has 3 nitrogen and oxygen atoms in total. The van der Waals surface area contributed by atoms with Crippen LogP contribution in [0.5, 0.6) is 5.75 Å². The topological polar surface area (TPSA) is 38.3 Å². The van der Waals surface area contributed by atoms with E-state index in [0.29, 0.717) is 10.8 Å². The molecule has 0 radical (unpaired) electrons. The molecule has 0 fully saturated rings. The van der Waals surface area contributed by atoms with Gasteiger partial charge in [-0.05, 0) is 87.6 Å². The molecule has 4 heteroatoms. The summed E-state index contributed by atoms with van der Waals surface area (Å²) in [6.07, 6.45) is -0.588. The average Bonchev–Trinajstić information content (AvgIpc) is 2.54. The molecular weight excluding hydrogens is 334 g/mol. The predicted molar refractivity (Wildman–Crippen MR) is 103 cm³/mol. The van der Waals surface area contributed by atoms with Gasteiger partial charge >= 0.3 is 0 Å². The fraction of sp³-hybridized carbons (Fsp3) is 0.381. The summed E-state index contributed by atoms with van der Waals surface area (Å²) in [4.78, 5) is 12.5. The van der Waals surface area contributed by atoms with E-state index in [4.69, 9.17) is 16.3 Å². The van der Waals surface area contributed by atoms with E-state index in [1.165, 1.54) is 16.7 Å². The van der Waals surface area contributed by atoms with Gasteiger partial charge in [-0.25, -0.2) is 0 Å². The van der Waals surface area contributed by atoms with Crippen LogP contribution in [0.2, 0.25) is 5.02 Å². The molecular formula is C21H26ClNO2. The number of aryl methyl sites for hydroxylation is 4. The minimum absolute atomic E-state index is 0.0789. The van der Waals surface area contributed by atoms with Crippen molar-refractivity contribution in [3.8, 4) is 5.75 Å². The molecule has 134 valence electrons. The van der Waals surface area contributed by atoms with Gasteiger partial charge in [0, 0.05) is 5.02 Å². The SMILES string of the molecule is Cc1cc(C)c([C@@H](C)NC(=O)[C@@H](C)Oc2ccc(Cl)c(C)c2)cc1C. The van der Waals surface area contributed by atoms with Gasteiger partial charge in [-0.3, -0.25) is 4.79 Å². The Balaban J connectivity index is 2.05. The molecule has 2 atom stereocenters. The van der Waals surface area contributed by atoms with Crippen LogP contribution >= 0.6 is 11.6 Å². The van der Waals surface area contributed by atoms with Crippen LogP contribution in [0.3, 0.4) is 0 Å². The molecule has 2 rings (SSSR count). The zero-order valence-electron chi connectivity index (χ0n) is 15.7. The van der Waals surface area contributed by atoms with Crippen LogP contribution in [0.4, 0.5) is 0 Å². The summed E-state index contributed by atoms with van der Waals surface area (Å²) in [5, 5.41) is 3.72. The number of rotatable bonds is 5. The van der Waals surface area contributed by atoms with Gasteiger partial charge in [0.1, 0.15) is 5.75 Å². The minimum Gasteiger partial charge on any atom is -0.481 e. The lowest BCUT2D eigenvalue weighted by Crippen LogP contribution is -2.38. The second-order valence-electron chi connectivity index (χ2n) is 6.69. The van der Waals surface area contributed by atoms with Crippen molar-refractivity contribution in [1.29, 1.82) is 0 Å². The van der Waals surface area contributed by atoms with E-state index < -0.39 is 6.10 Å². The molecule has 0 saturated carbocycles. The van der Waals surface area contributed by atoms with Gasteiger partial charge in [-0.15, -0.1) is 0 Å². The Morgan fingerprint density at radius 3 is 2.24 bits per heavy atom. The molecule has 0 aliphatic carbocycles. The first-order valence-corrected chi connectivity index (χ1v) is 8.87. The summed E-state index contributed by atoms with van der Waals surface area (Å²) in [6.45, 7) is 11.9. The molecule has 25 heavy (non-hydrogen) atoms. The van der Waals surface area contributed by atoms with Crippen molar-refractivity contribution >= 4 is 17.5 Å². The highest BCUT2D eigenvalue weighted by Gasteiger charge is 2.19. The molecule has 0 heterocycles. The standard InChI is InChI=1S/C21H26ClNO2/c1-12-9-14(3)19(11-13(12)2)16(5)23-21(24)17(6)25-18-7-8-20(22)15(4)10-18/h7-11,16-17H,1-6H3,(H,23,24)/t16-,17-/m1/s1. The molecule has 0 bridgehead atoms. The maximum Gasteiger partial charge on any atom is 0.261 e. The number of ether oxygens (including phenoxy) is 1. The van der Waals surface area contributed by atoms with Crippen LogP contribution in [-0.2, 0) is 4.79 Å². The van der Waals surface area contributed by atoms with Crippen molar-refractivity contribution < 1.29 is 9.53 Å². The molecule has 0 aliphatic heterocycles. The van der Waals surface area contributed by atoms with Crippen LogP contribution < -0.4 is 10.1 Å². The number of nitrogens with one attached hydrogen (secondary N) is 1. The number of halogens is 1. The molecule has 2 aromatic carbocycles. The summed E-state index contributed by atoms with van der Waals surface area (Å²) >= 11 is 6.02.